The molecule has 1 saturated heterocycles. The summed E-state index contributed by atoms with van der Waals surface area (Å²) < 4.78 is 13.5. The van der Waals surface area contributed by atoms with Crippen LogP contribution in [-0.2, 0) is 14.4 Å². The molecule has 0 aromatic heterocycles. The zero-order valence-corrected chi connectivity index (χ0v) is 15.8. The summed E-state index contributed by atoms with van der Waals surface area (Å²) in [6, 6.07) is -0.721. The Kier molecular flexibility index (Phi) is 7.03. The van der Waals surface area contributed by atoms with E-state index in [1.165, 1.54) is 9.80 Å². The number of alkyl halides is 1. The minimum Gasteiger partial charge on any atom is -0.481 e. The van der Waals surface area contributed by atoms with Gasteiger partial charge in [-0.1, -0.05) is 0 Å². The summed E-state index contributed by atoms with van der Waals surface area (Å²) in [6.07, 6.45) is 1.54. The predicted octanol–water partition coefficient (Wildman–Crippen LogP) is -0.341. The molecule has 1 saturated carbocycles. The third-order valence-electron chi connectivity index (χ3n) is 5.73. The van der Waals surface area contributed by atoms with Gasteiger partial charge in [0.25, 0.3) is 0 Å². The second-order valence-electron chi connectivity index (χ2n) is 7.64. The fourth-order valence-corrected chi connectivity index (χ4v) is 4.21. The fraction of sp³-hybridized carbons (Fsp3) is 0.824. The lowest BCUT2D eigenvalue weighted by molar-refractivity contribution is -0.146. The van der Waals surface area contributed by atoms with Gasteiger partial charge in [-0.3, -0.25) is 14.4 Å². The Hall–Kier alpha value is -1.64. The van der Waals surface area contributed by atoms with E-state index in [2.05, 4.69) is 5.23 Å². The van der Waals surface area contributed by atoms with E-state index in [4.69, 9.17) is 0 Å². The van der Waals surface area contributed by atoms with Crippen molar-refractivity contribution in [2.75, 3.05) is 27.2 Å². The van der Waals surface area contributed by atoms with E-state index in [9.17, 15) is 23.9 Å². The SMILES string of the molecule is BNC(C(=O)N1CC[C@H](F)C1)[C@@H](C(=O)N(C)C)C1CCC(C(=O)O)CC1. The van der Waals surface area contributed by atoms with Crippen LogP contribution in [0.4, 0.5) is 4.39 Å². The van der Waals surface area contributed by atoms with Gasteiger partial charge in [-0.2, -0.15) is 0 Å². The molecule has 1 aliphatic carbocycles. The standard InChI is InChI=1S/C17H29BFN3O4/c1-21(2)15(23)13(10-3-5-11(6-4-10)17(25)26)14(20-18)16(24)22-8-7-12(19)9-22/h10-14,20H,3-9,18H2,1-2H3,(H,25,26)/t10?,11?,12-,13-,14?/m0/s1. The quantitative estimate of drug-likeness (QED) is 0.626. The van der Waals surface area contributed by atoms with E-state index in [1.54, 1.807) is 22.1 Å². The van der Waals surface area contributed by atoms with Crippen molar-refractivity contribution in [3.63, 3.8) is 0 Å². The molecule has 2 aliphatic rings. The highest BCUT2D eigenvalue weighted by molar-refractivity contribution is 6.07. The van der Waals surface area contributed by atoms with E-state index >= 15 is 0 Å². The van der Waals surface area contributed by atoms with Gasteiger partial charge < -0.3 is 20.1 Å². The van der Waals surface area contributed by atoms with Crippen LogP contribution in [0.1, 0.15) is 32.1 Å². The summed E-state index contributed by atoms with van der Waals surface area (Å²) in [5, 5.41) is 12.2. The number of nitrogens with zero attached hydrogens (tertiary/aromatic N) is 2. The highest BCUT2D eigenvalue weighted by Crippen LogP contribution is 2.36. The van der Waals surface area contributed by atoms with Crippen LogP contribution in [0.2, 0.25) is 0 Å². The topological polar surface area (TPSA) is 90.0 Å². The Morgan fingerprint density at radius 2 is 1.81 bits per heavy atom. The molecule has 0 spiro atoms. The van der Waals surface area contributed by atoms with Gasteiger partial charge in [0.1, 0.15) is 6.17 Å². The molecule has 0 radical (unpaired) electrons. The van der Waals surface area contributed by atoms with Gasteiger partial charge in [0.05, 0.1) is 24.4 Å². The Morgan fingerprint density at radius 3 is 2.23 bits per heavy atom. The van der Waals surface area contributed by atoms with Gasteiger partial charge in [0.15, 0.2) is 7.98 Å². The number of amides is 2. The highest BCUT2D eigenvalue weighted by Gasteiger charge is 2.43. The van der Waals surface area contributed by atoms with Crippen molar-refractivity contribution in [1.82, 2.24) is 15.0 Å². The number of carbonyl (C=O) groups excluding carboxylic acids is 2. The average Bonchev–Trinajstić information content (AvgIpc) is 3.05. The number of hydrogen-bond donors (Lipinski definition) is 2. The molecule has 2 fully saturated rings. The lowest BCUT2D eigenvalue weighted by atomic mass is 9.72. The van der Waals surface area contributed by atoms with Crippen molar-refractivity contribution in [2.45, 2.75) is 44.3 Å². The van der Waals surface area contributed by atoms with Gasteiger partial charge in [-0.05, 0) is 38.0 Å². The fourth-order valence-electron chi connectivity index (χ4n) is 4.21. The molecule has 0 aromatic rings. The summed E-state index contributed by atoms with van der Waals surface area (Å²) in [5.74, 6) is -2.20. The number of halogens is 1. The maximum Gasteiger partial charge on any atom is 0.306 e. The van der Waals surface area contributed by atoms with Crippen molar-refractivity contribution < 1.29 is 23.9 Å². The first-order chi connectivity index (χ1) is 12.3. The second kappa shape index (κ2) is 8.84. The molecule has 2 amide bonds. The number of likely N-dealkylation sites (tertiary alicyclic amines) is 1. The van der Waals surface area contributed by atoms with Gasteiger partial charge >= 0.3 is 5.97 Å². The van der Waals surface area contributed by atoms with Gasteiger partial charge in [0.2, 0.25) is 11.8 Å². The number of aliphatic carboxylic acids is 1. The molecule has 0 bridgehead atoms. The Bertz CT molecular complexity index is 540. The smallest absolute Gasteiger partial charge is 0.306 e. The molecular weight excluding hydrogens is 340 g/mol. The van der Waals surface area contributed by atoms with Crippen molar-refractivity contribution in [3.8, 4) is 0 Å². The molecule has 1 unspecified atom stereocenters. The van der Waals surface area contributed by atoms with E-state index in [0.29, 0.717) is 38.6 Å². The summed E-state index contributed by atoms with van der Waals surface area (Å²) in [5.41, 5.74) is 0. The molecule has 3 atom stereocenters. The van der Waals surface area contributed by atoms with E-state index in [1.807, 2.05) is 0 Å². The number of carbonyl (C=O) groups is 3. The zero-order chi connectivity index (χ0) is 19.4. The first-order valence-electron chi connectivity index (χ1n) is 9.30. The Balaban J connectivity index is 2.18. The molecule has 9 heteroatoms. The van der Waals surface area contributed by atoms with Crippen molar-refractivity contribution in [3.05, 3.63) is 0 Å². The zero-order valence-electron chi connectivity index (χ0n) is 15.8. The van der Waals surface area contributed by atoms with Crippen LogP contribution in [0.3, 0.4) is 0 Å². The first kappa shape index (κ1) is 20.7. The van der Waals surface area contributed by atoms with Crippen LogP contribution in [0.5, 0.6) is 0 Å². The average molecular weight is 369 g/mol. The lowest BCUT2D eigenvalue weighted by Gasteiger charge is -2.38. The molecule has 2 N–H and O–H groups in total. The summed E-state index contributed by atoms with van der Waals surface area (Å²) in [4.78, 5) is 40.0. The van der Waals surface area contributed by atoms with Crippen LogP contribution < -0.4 is 5.23 Å². The molecule has 7 nitrogen and oxygen atoms in total. The first-order valence-corrected chi connectivity index (χ1v) is 9.30. The van der Waals surface area contributed by atoms with Crippen LogP contribution in [0, 0.1) is 17.8 Å². The maximum absolute atomic E-state index is 13.5. The third-order valence-corrected chi connectivity index (χ3v) is 5.73. The maximum atomic E-state index is 13.5. The Morgan fingerprint density at radius 1 is 1.19 bits per heavy atom. The minimum absolute atomic E-state index is 0.0642. The number of nitrogens with one attached hydrogen (secondary N) is 1. The van der Waals surface area contributed by atoms with Crippen LogP contribution in [0.15, 0.2) is 0 Å². The molecule has 1 heterocycles. The number of carboxylic acid groups (broad SMARTS) is 1. The molecular formula is C17H29BFN3O4. The number of hydrogen-bond acceptors (Lipinski definition) is 4. The monoisotopic (exact) mass is 369 g/mol. The Labute approximate surface area is 154 Å². The molecule has 26 heavy (non-hydrogen) atoms. The van der Waals surface area contributed by atoms with Crippen LogP contribution >= 0.6 is 0 Å². The summed E-state index contributed by atoms with van der Waals surface area (Å²) in [7, 11) is 4.95. The number of rotatable bonds is 6. The summed E-state index contributed by atoms with van der Waals surface area (Å²) >= 11 is 0. The van der Waals surface area contributed by atoms with Crippen LogP contribution in [-0.4, -0.2) is 80.1 Å². The molecule has 0 aromatic carbocycles. The predicted molar refractivity (Wildman–Crippen MR) is 96.8 cm³/mol. The second-order valence-corrected chi connectivity index (χ2v) is 7.64. The minimum atomic E-state index is -1.01. The highest BCUT2D eigenvalue weighted by atomic mass is 19.1. The molecule has 2 rings (SSSR count). The van der Waals surface area contributed by atoms with Crippen molar-refractivity contribution >= 4 is 25.8 Å². The molecule has 146 valence electrons. The van der Waals surface area contributed by atoms with E-state index in [0.717, 1.165) is 0 Å². The third kappa shape index (κ3) is 4.55. The van der Waals surface area contributed by atoms with Gasteiger partial charge in [-0.15, -0.1) is 0 Å². The number of carboxylic acids is 1. The van der Waals surface area contributed by atoms with E-state index < -0.39 is 24.1 Å². The van der Waals surface area contributed by atoms with E-state index in [-0.39, 0.29) is 30.2 Å². The van der Waals surface area contributed by atoms with Crippen LogP contribution in [0.25, 0.3) is 0 Å². The van der Waals surface area contributed by atoms with Crippen molar-refractivity contribution in [2.24, 2.45) is 17.8 Å². The van der Waals surface area contributed by atoms with Crippen molar-refractivity contribution in [1.29, 1.82) is 0 Å². The largest absolute Gasteiger partial charge is 0.481 e. The normalized spacial score (nSPS) is 28.4. The van der Waals surface area contributed by atoms with Gasteiger partial charge in [-0.25, -0.2) is 4.39 Å². The summed E-state index contributed by atoms with van der Waals surface area (Å²) in [6.45, 7) is 0.443. The molecule has 1 aliphatic heterocycles. The lowest BCUT2D eigenvalue weighted by Crippen LogP contribution is -2.55. The van der Waals surface area contributed by atoms with Gasteiger partial charge in [0, 0.05) is 20.6 Å².